The summed E-state index contributed by atoms with van der Waals surface area (Å²) in [6.07, 6.45) is 11.2. The van der Waals surface area contributed by atoms with E-state index in [2.05, 4.69) is 13.8 Å². The van der Waals surface area contributed by atoms with Crippen LogP contribution in [0.3, 0.4) is 0 Å². The van der Waals surface area contributed by atoms with Gasteiger partial charge in [0.1, 0.15) is 11.6 Å². The zero-order chi connectivity index (χ0) is 27.6. The highest BCUT2D eigenvalue weighted by atomic mass is 19.2. The predicted molar refractivity (Wildman–Crippen MR) is 153 cm³/mol. The zero-order valence-corrected chi connectivity index (χ0v) is 23.0. The van der Waals surface area contributed by atoms with Crippen molar-refractivity contribution in [3.05, 3.63) is 88.7 Å². The fourth-order valence-electron chi connectivity index (χ4n) is 5.06. The van der Waals surface area contributed by atoms with E-state index in [0.717, 1.165) is 63.5 Å². The van der Waals surface area contributed by atoms with E-state index in [4.69, 9.17) is 9.47 Å². The molecule has 0 N–H and O–H groups in total. The van der Waals surface area contributed by atoms with Crippen molar-refractivity contribution in [3.63, 3.8) is 0 Å². The number of ether oxygens (including phenoxy) is 2. The molecule has 208 valence electrons. The first kappa shape index (κ1) is 28.9. The van der Waals surface area contributed by atoms with Gasteiger partial charge in [-0.3, -0.25) is 0 Å². The molecule has 0 aliphatic heterocycles. The summed E-state index contributed by atoms with van der Waals surface area (Å²) < 4.78 is 56.3. The Morgan fingerprint density at radius 1 is 0.769 bits per heavy atom. The van der Waals surface area contributed by atoms with E-state index in [1.165, 1.54) is 6.07 Å². The maximum atomic E-state index is 15.2. The molecule has 0 aromatic heterocycles. The second-order valence-electron chi connectivity index (χ2n) is 10.4. The number of halogens is 3. The van der Waals surface area contributed by atoms with Gasteiger partial charge in [-0.25, -0.2) is 13.2 Å². The maximum Gasteiger partial charge on any atom is 0.166 e. The molecule has 3 aromatic rings. The number of unbranched alkanes of at least 4 members (excludes halogenated alkanes) is 2. The molecule has 3 aromatic carbocycles. The summed E-state index contributed by atoms with van der Waals surface area (Å²) in [5.41, 5.74) is 2.59. The Bertz CT molecular complexity index is 1230. The van der Waals surface area contributed by atoms with Gasteiger partial charge in [-0.05, 0) is 73.3 Å². The zero-order valence-electron chi connectivity index (χ0n) is 23.0. The average Bonchev–Trinajstić information content (AvgIpc) is 2.95. The minimum Gasteiger partial charge on any atom is -0.493 e. The van der Waals surface area contributed by atoms with Gasteiger partial charge >= 0.3 is 0 Å². The Labute approximate surface area is 230 Å². The molecule has 39 heavy (non-hydrogen) atoms. The first-order valence-electron chi connectivity index (χ1n) is 14.3. The van der Waals surface area contributed by atoms with Crippen molar-refractivity contribution in [1.29, 1.82) is 0 Å². The molecule has 4 rings (SSSR count). The second-order valence-corrected chi connectivity index (χ2v) is 10.4. The van der Waals surface area contributed by atoms with Crippen LogP contribution < -0.4 is 4.74 Å². The van der Waals surface area contributed by atoms with Crippen molar-refractivity contribution in [2.75, 3.05) is 13.2 Å². The summed E-state index contributed by atoms with van der Waals surface area (Å²) in [5.74, 6) is -1.37. The lowest BCUT2D eigenvalue weighted by Gasteiger charge is -2.29. The lowest BCUT2D eigenvalue weighted by molar-refractivity contribution is 0.0230. The van der Waals surface area contributed by atoms with Gasteiger partial charge in [0.15, 0.2) is 11.6 Å². The number of benzene rings is 3. The van der Waals surface area contributed by atoms with Gasteiger partial charge in [-0.2, -0.15) is 0 Å². The van der Waals surface area contributed by atoms with Crippen LogP contribution in [-0.4, -0.2) is 19.3 Å². The lowest BCUT2D eigenvalue weighted by Crippen LogP contribution is -2.22. The number of hydrogen-bond acceptors (Lipinski definition) is 2. The highest BCUT2D eigenvalue weighted by Gasteiger charge is 2.27. The molecule has 0 atom stereocenters. The fourth-order valence-corrected chi connectivity index (χ4v) is 5.06. The average molecular weight is 537 g/mol. The minimum atomic E-state index is -0.805. The van der Waals surface area contributed by atoms with E-state index in [-0.39, 0.29) is 23.4 Å². The molecule has 0 amide bonds. The molecule has 0 radical (unpaired) electrons. The first-order valence-corrected chi connectivity index (χ1v) is 14.3. The third-order valence-electron chi connectivity index (χ3n) is 7.49. The van der Waals surface area contributed by atoms with Crippen LogP contribution in [0.25, 0.3) is 23.3 Å². The third-order valence-corrected chi connectivity index (χ3v) is 7.49. The van der Waals surface area contributed by atoms with Gasteiger partial charge in [0.25, 0.3) is 0 Å². The van der Waals surface area contributed by atoms with Crippen LogP contribution >= 0.6 is 0 Å². The molecule has 0 spiro atoms. The molecular weight excluding hydrogens is 497 g/mol. The Morgan fingerprint density at radius 2 is 1.49 bits per heavy atom. The topological polar surface area (TPSA) is 18.5 Å². The van der Waals surface area contributed by atoms with Crippen LogP contribution in [0.5, 0.6) is 5.75 Å². The minimum absolute atomic E-state index is 0.0180. The molecule has 5 heteroatoms. The van der Waals surface area contributed by atoms with E-state index in [9.17, 15) is 4.39 Å². The van der Waals surface area contributed by atoms with Gasteiger partial charge in [0.2, 0.25) is 0 Å². The van der Waals surface area contributed by atoms with E-state index in [1.807, 2.05) is 12.1 Å². The van der Waals surface area contributed by atoms with Gasteiger partial charge in [0, 0.05) is 23.8 Å². The molecule has 0 bridgehead atoms. The van der Waals surface area contributed by atoms with Crippen molar-refractivity contribution in [1.82, 2.24) is 0 Å². The molecule has 1 saturated carbocycles. The molecule has 1 fully saturated rings. The predicted octanol–water partition coefficient (Wildman–Crippen LogP) is 9.96. The van der Waals surface area contributed by atoms with Crippen molar-refractivity contribution in [2.45, 2.75) is 77.2 Å². The Hall–Kier alpha value is -3.05. The maximum absolute atomic E-state index is 15.2. The van der Waals surface area contributed by atoms with Crippen LogP contribution in [0.1, 0.15) is 87.8 Å². The molecule has 1 aliphatic rings. The van der Waals surface area contributed by atoms with Crippen LogP contribution in [-0.2, 0) is 4.74 Å². The van der Waals surface area contributed by atoms with Gasteiger partial charge < -0.3 is 9.47 Å². The van der Waals surface area contributed by atoms with Crippen molar-refractivity contribution in [3.8, 4) is 16.9 Å². The van der Waals surface area contributed by atoms with Crippen LogP contribution in [0.15, 0.2) is 54.6 Å². The highest BCUT2D eigenvalue weighted by molar-refractivity contribution is 5.73. The summed E-state index contributed by atoms with van der Waals surface area (Å²) in [6, 6.07) is 15.4. The van der Waals surface area contributed by atoms with E-state index in [0.29, 0.717) is 29.0 Å². The SMILES string of the molecule is CCCCOc1ccc(/C=C/c2ccc(-c3ccc(C4CCC(OCCCC)CC4)c(F)c3F)cc2)c(F)c1. The van der Waals surface area contributed by atoms with Crippen LogP contribution in [0.4, 0.5) is 13.2 Å². The molecule has 1 aliphatic carbocycles. The van der Waals surface area contributed by atoms with Crippen molar-refractivity contribution >= 4 is 12.2 Å². The van der Waals surface area contributed by atoms with E-state index in [1.54, 1.807) is 48.6 Å². The summed E-state index contributed by atoms with van der Waals surface area (Å²) in [4.78, 5) is 0. The third kappa shape index (κ3) is 7.76. The molecule has 0 saturated heterocycles. The van der Waals surface area contributed by atoms with Crippen molar-refractivity contribution in [2.24, 2.45) is 0 Å². The van der Waals surface area contributed by atoms with Crippen LogP contribution in [0, 0.1) is 17.5 Å². The summed E-state index contributed by atoms with van der Waals surface area (Å²) >= 11 is 0. The van der Waals surface area contributed by atoms with Gasteiger partial charge in [0.05, 0.1) is 12.7 Å². The largest absolute Gasteiger partial charge is 0.493 e. The van der Waals surface area contributed by atoms with E-state index < -0.39 is 11.6 Å². The Balaban J connectivity index is 1.39. The quantitative estimate of drug-likeness (QED) is 0.169. The standard InChI is InChI=1S/C34H39F3O2/c1-3-5-21-38-28-16-13-26(14-17-28)31-20-19-30(33(36)34(31)37)25-10-7-24(8-11-25)9-12-27-15-18-29(23-32(27)35)39-22-6-4-2/h7-12,15,18-20,23,26,28H,3-6,13-14,16-17,21-22H2,1-2H3/b12-9+. The second kappa shape index (κ2) is 14.4. The molecule has 0 heterocycles. The number of rotatable bonds is 12. The monoisotopic (exact) mass is 536 g/mol. The van der Waals surface area contributed by atoms with Gasteiger partial charge in [-0.15, -0.1) is 0 Å². The Morgan fingerprint density at radius 3 is 2.18 bits per heavy atom. The lowest BCUT2D eigenvalue weighted by atomic mass is 9.82. The highest BCUT2D eigenvalue weighted by Crippen LogP contribution is 2.38. The van der Waals surface area contributed by atoms with E-state index >= 15 is 8.78 Å². The normalized spacial score (nSPS) is 17.6. The smallest absolute Gasteiger partial charge is 0.166 e. The molecular formula is C34H39F3O2. The summed E-state index contributed by atoms with van der Waals surface area (Å²) in [5, 5.41) is 0. The number of hydrogen-bond donors (Lipinski definition) is 0. The van der Waals surface area contributed by atoms with Crippen LogP contribution in [0.2, 0.25) is 0 Å². The summed E-state index contributed by atoms with van der Waals surface area (Å²) in [6.45, 7) is 5.56. The fraction of sp³-hybridized carbons (Fsp3) is 0.412. The Kier molecular flexibility index (Phi) is 10.7. The summed E-state index contributed by atoms with van der Waals surface area (Å²) in [7, 11) is 0. The van der Waals surface area contributed by atoms with Crippen molar-refractivity contribution < 1.29 is 22.6 Å². The van der Waals surface area contributed by atoms with Gasteiger partial charge in [-0.1, -0.05) is 75.2 Å². The first-order chi connectivity index (χ1) is 19.0. The molecule has 0 unspecified atom stereocenters. The molecule has 2 nitrogen and oxygen atoms in total.